The monoisotopic (exact) mass is 245 g/mol. The molecule has 0 unspecified atom stereocenters. The molecular weight excluding hydrogens is 226 g/mol. The van der Waals surface area contributed by atoms with Gasteiger partial charge in [-0.15, -0.1) is 0 Å². The molecular formula is C15H19NO2. The minimum absolute atomic E-state index is 0.0247. The third-order valence-corrected chi connectivity index (χ3v) is 3.60. The third kappa shape index (κ3) is 2.79. The van der Waals surface area contributed by atoms with E-state index in [-0.39, 0.29) is 18.1 Å². The minimum atomic E-state index is -0.368. The van der Waals surface area contributed by atoms with Crippen molar-refractivity contribution in [1.82, 2.24) is 5.32 Å². The Bertz CT molecular complexity index is 456. The number of benzene rings is 1. The van der Waals surface area contributed by atoms with Crippen molar-refractivity contribution in [2.24, 2.45) is 0 Å². The first-order valence-corrected chi connectivity index (χ1v) is 6.32. The van der Waals surface area contributed by atoms with Crippen LogP contribution in [-0.4, -0.2) is 23.2 Å². The predicted molar refractivity (Wildman–Crippen MR) is 72.0 cm³/mol. The standard InChI is InChI=1S/C15H19NO2/c1-12-5-2-3-6-13(12)7-8-14(18)16-15(11-17)9-4-10-15/h2-3,5-8,17H,4,9-11H2,1H3,(H,16,18)/b8-7+. The topological polar surface area (TPSA) is 49.3 Å². The van der Waals surface area contributed by atoms with E-state index >= 15 is 0 Å². The summed E-state index contributed by atoms with van der Waals surface area (Å²) in [5.41, 5.74) is 1.81. The minimum Gasteiger partial charge on any atom is -0.394 e. The molecule has 1 fully saturated rings. The first kappa shape index (κ1) is 12.8. The van der Waals surface area contributed by atoms with Crippen molar-refractivity contribution in [1.29, 1.82) is 0 Å². The maximum absolute atomic E-state index is 11.8. The number of aliphatic hydroxyl groups is 1. The zero-order chi connectivity index (χ0) is 13.0. The van der Waals surface area contributed by atoms with Crippen LogP contribution in [0.1, 0.15) is 30.4 Å². The molecule has 0 heterocycles. The molecule has 2 N–H and O–H groups in total. The van der Waals surface area contributed by atoms with Crippen molar-refractivity contribution in [2.45, 2.75) is 31.7 Å². The van der Waals surface area contributed by atoms with E-state index in [1.165, 1.54) is 6.08 Å². The van der Waals surface area contributed by atoms with Crippen molar-refractivity contribution in [3.05, 3.63) is 41.5 Å². The summed E-state index contributed by atoms with van der Waals surface area (Å²) in [6.07, 6.45) is 6.16. The van der Waals surface area contributed by atoms with Gasteiger partial charge in [0.05, 0.1) is 12.1 Å². The average molecular weight is 245 g/mol. The van der Waals surface area contributed by atoms with Crippen LogP contribution < -0.4 is 5.32 Å². The van der Waals surface area contributed by atoms with Gasteiger partial charge in [-0.3, -0.25) is 4.79 Å². The fraction of sp³-hybridized carbons (Fsp3) is 0.400. The van der Waals surface area contributed by atoms with Crippen LogP contribution in [0.25, 0.3) is 6.08 Å². The molecule has 3 heteroatoms. The first-order valence-electron chi connectivity index (χ1n) is 6.32. The van der Waals surface area contributed by atoms with E-state index in [9.17, 15) is 9.90 Å². The number of carbonyl (C=O) groups excluding carboxylic acids is 1. The molecule has 1 aromatic carbocycles. The van der Waals surface area contributed by atoms with Crippen molar-refractivity contribution < 1.29 is 9.90 Å². The highest BCUT2D eigenvalue weighted by molar-refractivity contribution is 5.92. The van der Waals surface area contributed by atoms with Crippen LogP contribution in [0, 0.1) is 6.92 Å². The zero-order valence-electron chi connectivity index (χ0n) is 10.6. The van der Waals surface area contributed by atoms with E-state index in [0.29, 0.717) is 0 Å². The second-order valence-corrected chi connectivity index (χ2v) is 4.97. The lowest BCUT2D eigenvalue weighted by Crippen LogP contribution is -2.55. The van der Waals surface area contributed by atoms with Crippen LogP contribution in [0.4, 0.5) is 0 Å². The molecule has 0 bridgehead atoms. The molecule has 96 valence electrons. The number of hydrogen-bond donors (Lipinski definition) is 2. The van der Waals surface area contributed by atoms with Crippen molar-refractivity contribution >= 4 is 12.0 Å². The van der Waals surface area contributed by atoms with Gasteiger partial charge in [0, 0.05) is 6.08 Å². The van der Waals surface area contributed by atoms with Gasteiger partial charge < -0.3 is 10.4 Å². The molecule has 1 aliphatic carbocycles. The van der Waals surface area contributed by atoms with Gasteiger partial charge in [0.15, 0.2) is 0 Å². The van der Waals surface area contributed by atoms with Gasteiger partial charge in [-0.25, -0.2) is 0 Å². The Labute approximate surface area is 108 Å². The smallest absolute Gasteiger partial charge is 0.244 e. The molecule has 1 amide bonds. The molecule has 0 atom stereocenters. The maximum Gasteiger partial charge on any atom is 0.244 e. The van der Waals surface area contributed by atoms with E-state index in [1.54, 1.807) is 0 Å². The fourth-order valence-electron chi connectivity index (χ4n) is 2.17. The summed E-state index contributed by atoms with van der Waals surface area (Å²) >= 11 is 0. The second-order valence-electron chi connectivity index (χ2n) is 4.97. The van der Waals surface area contributed by atoms with E-state index in [0.717, 1.165) is 30.4 Å². The number of nitrogens with one attached hydrogen (secondary N) is 1. The summed E-state index contributed by atoms with van der Waals surface area (Å²) in [7, 11) is 0. The molecule has 2 rings (SSSR count). The molecule has 1 aliphatic rings. The zero-order valence-corrected chi connectivity index (χ0v) is 10.6. The van der Waals surface area contributed by atoms with Gasteiger partial charge in [0.25, 0.3) is 0 Å². The molecule has 18 heavy (non-hydrogen) atoms. The summed E-state index contributed by atoms with van der Waals surface area (Å²) < 4.78 is 0. The van der Waals surface area contributed by atoms with Crippen LogP contribution in [0.2, 0.25) is 0 Å². The highest BCUT2D eigenvalue weighted by Gasteiger charge is 2.37. The Kier molecular flexibility index (Phi) is 3.82. The van der Waals surface area contributed by atoms with E-state index in [1.807, 2.05) is 37.3 Å². The van der Waals surface area contributed by atoms with Gasteiger partial charge >= 0.3 is 0 Å². The number of carbonyl (C=O) groups is 1. The molecule has 3 nitrogen and oxygen atoms in total. The second kappa shape index (κ2) is 5.36. The van der Waals surface area contributed by atoms with Crippen LogP contribution >= 0.6 is 0 Å². The fourth-order valence-corrected chi connectivity index (χ4v) is 2.17. The Balaban J connectivity index is 1.97. The Morgan fingerprint density at radius 1 is 1.44 bits per heavy atom. The number of aryl methyl sites for hydroxylation is 1. The largest absolute Gasteiger partial charge is 0.394 e. The van der Waals surface area contributed by atoms with Gasteiger partial charge in [0.1, 0.15) is 0 Å². The lowest BCUT2D eigenvalue weighted by atomic mass is 9.77. The van der Waals surface area contributed by atoms with E-state index in [4.69, 9.17) is 0 Å². The molecule has 0 aliphatic heterocycles. The van der Waals surface area contributed by atoms with Gasteiger partial charge in [-0.05, 0) is 43.4 Å². The van der Waals surface area contributed by atoms with E-state index in [2.05, 4.69) is 5.32 Å². The summed E-state index contributed by atoms with van der Waals surface area (Å²) in [6, 6.07) is 7.91. The number of aliphatic hydroxyl groups excluding tert-OH is 1. The lowest BCUT2D eigenvalue weighted by molar-refractivity contribution is -0.120. The molecule has 0 radical (unpaired) electrons. The normalized spacial score (nSPS) is 17.4. The molecule has 0 spiro atoms. The Morgan fingerprint density at radius 3 is 2.72 bits per heavy atom. The van der Waals surface area contributed by atoms with Crippen LogP contribution in [0.3, 0.4) is 0 Å². The lowest BCUT2D eigenvalue weighted by Gasteiger charge is -2.40. The number of amides is 1. The molecule has 1 aromatic rings. The summed E-state index contributed by atoms with van der Waals surface area (Å²) in [4.78, 5) is 11.8. The quantitative estimate of drug-likeness (QED) is 0.797. The Hall–Kier alpha value is -1.61. The maximum atomic E-state index is 11.8. The highest BCUT2D eigenvalue weighted by atomic mass is 16.3. The average Bonchev–Trinajstić information content (AvgIpc) is 2.33. The predicted octanol–water partition coefficient (Wildman–Crippen LogP) is 2.04. The summed E-state index contributed by atoms with van der Waals surface area (Å²) in [6.45, 7) is 2.04. The summed E-state index contributed by atoms with van der Waals surface area (Å²) in [5.74, 6) is -0.132. The highest BCUT2D eigenvalue weighted by Crippen LogP contribution is 2.31. The summed E-state index contributed by atoms with van der Waals surface area (Å²) in [5, 5.41) is 12.2. The molecule has 0 saturated heterocycles. The van der Waals surface area contributed by atoms with Gasteiger partial charge in [-0.1, -0.05) is 24.3 Å². The van der Waals surface area contributed by atoms with Crippen LogP contribution in [0.5, 0.6) is 0 Å². The van der Waals surface area contributed by atoms with E-state index < -0.39 is 0 Å². The van der Waals surface area contributed by atoms with Crippen LogP contribution in [-0.2, 0) is 4.79 Å². The van der Waals surface area contributed by atoms with Crippen LogP contribution in [0.15, 0.2) is 30.3 Å². The molecule has 0 aromatic heterocycles. The van der Waals surface area contributed by atoms with Crippen molar-refractivity contribution in [3.8, 4) is 0 Å². The Morgan fingerprint density at radius 2 is 2.17 bits per heavy atom. The number of hydrogen-bond acceptors (Lipinski definition) is 2. The van der Waals surface area contributed by atoms with Crippen molar-refractivity contribution in [3.63, 3.8) is 0 Å². The SMILES string of the molecule is Cc1ccccc1/C=C/C(=O)NC1(CO)CCC1. The van der Waals surface area contributed by atoms with Gasteiger partial charge in [-0.2, -0.15) is 0 Å². The molecule has 1 saturated carbocycles. The third-order valence-electron chi connectivity index (χ3n) is 3.60. The van der Waals surface area contributed by atoms with Crippen molar-refractivity contribution in [2.75, 3.05) is 6.61 Å². The number of rotatable bonds is 4. The van der Waals surface area contributed by atoms with Gasteiger partial charge in [0.2, 0.25) is 5.91 Å². The first-order chi connectivity index (χ1) is 8.65.